The Hall–Kier alpha value is -2.91. The van der Waals surface area contributed by atoms with Crippen molar-refractivity contribution >= 4 is 62.9 Å². The van der Waals surface area contributed by atoms with Crippen LogP contribution in [0, 0.1) is 0 Å². The summed E-state index contributed by atoms with van der Waals surface area (Å²) in [5.41, 5.74) is 2.43. The third-order valence-electron chi connectivity index (χ3n) is 4.37. The van der Waals surface area contributed by atoms with Crippen molar-refractivity contribution < 1.29 is 13.9 Å². The summed E-state index contributed by atoms with van der Waals surface area (Å²) in [5.74, 6) is 0.872. The van der Waals surface area contributed by atoms with Gasteiger partial charge in [-0.25, -0.2) is 4.98 Å². The highest BCUT2D eigenvalue weighted by Gasteiger charge is 2.15. The summed E-state index contributed by atoms with van der Waals surface area (Å²) >= 11 is 18.6. The molecule has 32 heavy (non-hydrogen) atoms. The Morgan fingerprint density at radius 1 is 1.06 bits per heavy atom. The number of thiazole rings is 1. The molecule has 0 aliphatic carbocycles. The van der Waals surface area contributed by atoms with Crippen molar-refractivity contribution in [3.8, 4) is 28.3 Å². The van der Waals surface area contributed by atoms with Crippen LogP contribution in [0.5, 0.6) is 5.75 Å². The lowest BCUT2D eigenvalue weighted by atomic mass is 10.2. The molecule has 2 aromatic heterocycles. The van der Waals surface area contributed by atoms with Gasteiger partial charge in [-0.15, -0.1) is 11.3 Å². The third kappa shape index (κ3) is 5.11. The minimum absolute atomic E-state index is 0.105. The fourth-order valence-electron chi connectivity index (χ4n) is 2.78. The van der Waals surface area contributed by atoms with Gasteiger partial charge >= 0.3 is 0 Å². The normalized spacial score (nSPS) is 10.6. The molecule has 0 fully saturated rings. The molecule has 2 N–H and O–H groups in total. The predicted octanol–water partition coefficient (Wildman–Crippen LogP) is 6.51. The lowest BCUT2D eigenvalue weighted by Crippen LogP contribution is -2.33. The van der Waals surface area contributed by atoms with Crippen LogP contribution in [0.25, 0.3) is 22.6 Å². The first kappa shape index (κ1) is 22.3. The number of anilines is 1. The number of ether oxygens (including phenoxy) is 1. The molecule has 0 aliphatic heterocycles. The van der Waals surface area contributed by atoms with Crippen molar-refractivity contribution in [2.75, 3.05) is 12.4 Å². The third-order valence-corrected chi connectivity index (χ3v) is 6.07. The number of benzene rings is 2. The van der Waals surface area contributed by atoms with Crippen molar-refractivity contribution in [3.05, 3.63) is 75.8 Å². The first-order valence-electron chi connectivity index (χ1n) is 9.20. The summed E-state index contributed by atoms with van der Waals surface area (Å²) in [6.45, 7) is 0. The molecule has 0 unspecified atom stereocenters. The first-order chi connectivity index (χ1) is 15.4. The molecule has 4 rings (SSSR count). The van der Waals surface area contributed by atoms with E-state index in [9.17, 15) is 4.79 Å². The van der Waals surface area contributed by atoms with Crippen molar-refractivity contribution in [2.24, 2.45) is 0 Å². The number of methoxy groups -OCH3 is 1. The van der Waals surface area contributed by atoms with Crippen molar-refractivity contribution in [1.82, 2.24) is 10.3 Å². The highest BCUT2D eigenvalue weighted by atomic mass is 35.5. The number of carbonyl (C=O) groups excluding carboxylic acids is 1. The molecule has 1 amide bonds. The Labute approximate surface area is 203 Å². The van der Waals surface area contributed by atoms with E-state index in [1.165, 1.54) is 11.3 Å². The molecule has 10 heteroatoms. The Morgan fingerprint density at radius 2 is 1.81 bits per heavy atom. The highest BCUT2D eigenvalue weighted by Crippen LogP contribution is 2.30. The van der Waals surface area contributed by atoms with Crippen molar-refractivity contribution in [3.63, 3.8) is 0 Å². The van der Waals surface area contributed by atoms with Crippen LogP contribution in [0.1, 0.15) is 10.6 Å². The van der Waals surface area contributed by atoms with E-state index in [-0.39, 0.29) is 10.9 Å². The molecule has 4 aromatic rings. The number of thiocarbonyl (C=S) groups is 1. The van der Waals surface area contributed by atoms with Crippen molar-refractivity contribution in [2.45, 2.75) is 0 Å². The molecule has 0 atom stereocenters. The molecular weight excluding hydrogens is 489 g/mol. The number of aromatic nitrogens is 1. The number of nitrogens with zero attached hydrogens (tertiary/aromatic N) is 1. The Balaban J connectivity index is 1.38. The van der Waals surface area contributed by atoms with Crippen LogP contribution in [0.3, 0.4) is 0 Å². The summed E-state index contributed by atoms with van der Waals surface area (Å²) in [6.07, 6.45) is 0. The Morgan fingerprint density at radius 3 is 2.53 bits per heavy atom. The van der Waals surface area contributed by atoms with E-state index in [1.807, 2.05) is 29.6 Å². The van der Waals surface area contributed by atoms with E-state index in [1.54, 1.807) is 37.4 Å². The molecule has 0 radical (unpaired) electrons. The quantitative estimate of drug-likeness (QED) is 0.302. The van der Waals surface area contributed by atoms with Gasteiger partial charge in [0, 0.05) is 16.5 Å². The SMILES string of the molecule is COc1ccc(-c2csc(NC(=S)NC(=O)c3ccc(-c4ccc(Cl)c(Cl)c4)o3)n2)cc1. The van der Waals surface area contributed by atoms with Gasteiger partial charge in [-0.2, -0.15) is 0 Å². The second kappa shape index (κ2) is 9.70. The molecule has 0 saturated carbocycles. The molecule has 2 heterocycles. The molecule has 162 valence electrons. The lowest BCUT2D eigenvalue weighted by Gasteiger charge is -2.06. The van der Waals surface area contributed by atoms with Gasteiger partial charge in [0.15, 0.2) is 16.0 Å². The molecule has 6 nitrogen and oxygen atoms in total. The maximum atomic E-state index is 12.5. The summed E-state index contributed by atoms with van der Waals surface area (Å²) in [5, 5.41) is 8.89. The summed E-state index contributed by atoms with van der Waals surface area (Å²) in [6, 6.07) is 15.9. The minimum Gasteiger partial charge on any atom is -0.497 e. The average molecular weight is 504 g/mol. The number of hydrogen-bond donors (Lipinski definition) is 2. The van der Waals surface area contributed by atoms with Gasteiger partial charge < -0.3 is 14.5 Å². The first-order valence-corrected chi connectivity index (χ1v) is 11.2. The van der Waals surface area contributed by atoms with Crippen LogP contribution in [-0.4, -0.2) is 23.1 Å². The smallest absolute Gasteiger partial charge is 0.293 e. The molecular formula is C22H15Cl2N3O3S2. The van der Waals surface area contributed by atoms with Gasteiger partial charge in [0.25, 0.3) is 5.91 Å². The van der Waals surface area contributed by atoms with E-state index in [4.69, 9.17) is 44.6 Å². The molecule has 2 aromatic carbocycles. The standard InChI is InChI=1S/C22H15Cl2N3O3S2/c1-29-14-5-2-12(3-6-14)17-11-32-22(25-17)27-21(31)26-20(28)19-9-8-18(30-19)13-4-7-15(23)16(24)10-13/h2-11H,1H3,(H2,25,26,27,28,31). The van der Waals surface area contributed by atoms with Gasteiger partial charge in [0.05, 0.1) is 22.8 Å². The molecule has 0 saturated heterocycles. The van der Waals surface area contributed by atoms with E-state index in [0.717, 1.165) is 17.0 Å². The van der Waals surface area contributed by atoms with Crippen molar-refractivity contribution in [1.29, 1.82) is 0 Å². The largest absolute Gasteiger partial charge is 0.497 e. The maximum Gasteiger partial charge on any atom is 0.293 e. The fraction of sp³-hybridized carbons (Fsp3) is 0.0455. The number of halogens is 2. The Kier molecular flexibility index (Phi) is 6.76. The summed E-state index contributed by atoms with van der Waals surface area (Å²) in [4.78, 5) is 17.0. The zero-order valence-electron chi connectivity index (χ0n) is 16.5. The van der Waals surface area contributed by atoms with E-state index < -0.39 is 5.91 Å². The molecule has 0 aliphatic rings. The second-order valence-corrected chi connectivity index (χ2v) is 8.55. The average Bonchev–Trinajstić information content (AvgIpc) is 3.46. The van der Waals surface area contributed by atoms with E-state index >= 15 is 0 Å². The van der Waals surface area contributed by atoms with E-state index in [2.05, 4.69) is 15.6 Å². The second-order valence-electron chi connectivity index (χ2n) is 6.47. The number of rotatable bonds is 5. The van der Waals surface area contributed by atoms with Gasteiger partial charge in [-0.3, -0.25) is 10.1 Å². The lowest BCUT2D eigenvalue weighted by molar-refractivity contribution is 0.0951. The minimum atomic E-state index is -0.485. The van der Waals surface area contributed by atoms with Gasteiger partial charge in [0.1, 0.15) is 11.5 Å². The zero-order valence-corrected chi connectivity index (χ0v) is 19.7. The van der Waals surface area contributed by atoms with Gasteiger partial charge in [0.2, 0.25) is 0 Å². The number of hydrogen-bond acceptors (Lipinski definition) is 6. The highest BCUT2D eigenvalue weighted by molar-refractivity contribution is 7.80. The topological polar surface area (TPSA) is 76.4 Å². The number of nitrogens with one attached hydrogen (secondary N) is 2. The fourth-order valence-corrected chi connectivity index (χ4v) is 4.06. The summed E-state index contributed by atoms with van der Waals surface area (Å²) in [7, 11) is 1.62. The van der Waals surface area contributed by atoms with Gasteiger partial charge in [-0.05, 0) is 66.8 Å². The van der Waals surface area contributed by atoms with Crippen LogP contribution in [0.15, 0.2) is 64.4 Å². The maximum absolute atomic E-state index is 12.5. The monoisotopic (exact) mass is 503 g/mol. The van der Waals surface area contributed by atoms with Crippen LogP contribution in [-0.2, 0) is 0 Å². The number of carbonyl (C=O) groups is 1. The predicted molar refractivity (Wildman–Crippen MR) is 132 cm³/mol. The van der Waals surface area contributed by atoms with E-state index in [0.29, 0.717) is 26.5 Å². The van der Waals surface area contributed by atoms with Crippen LogP contribution in [0.2, 0.25) is 10.0 Å². The van der Waals surface area contributed by atoms with Gasteiger partial charge in [-0.1, -0.05) is 23.2 Å². The van der Waals surface area contributed by atoms with Crippen LogP contribution < -0.4 is 15.4 Å². The summed E-state index contributed by atoms with van der Waals surface area (Å²) < 4.78 is 10.8. The molecule has 0 bridgehead atoms. The number of amides is 1. The van der Waals surface area contributed by atoms with Crippen LogP contribution >= 0.6 is 46.8 Å². The Bertz CT molecular complexity index is 1290. The molecule has 0 spiro atoms. The number of furan rings is 1. The van der Waals surface area contributed by atoms with Crippen LogP contribution in [0.4, 0.5) is 5.13 Å². The zero-order chi connectivity index (χ0) is 22.7.